The van der Waals surface area contributed by atoms with Crippen molar-refractivity contribution in [2.45, 2.75) is 45.4 Å². The van der Waals surface area contributed by atoms with Gasteiger partial charge in [0, 0.05) is 24.8 Å². The lowest BCUT2D eigenvalue weighted by Gasteiger charge is -2.37. The molecule has 0 aliphatic carbocycles. The van der Waals surface area contributed by atoms with Gasteiger partial charge in [0.15, 0.2) is 0 Å². The molecule has 3 atom stereocenters. The van der Waals surface area contributed by atoms with E-state index in [1.165, 1.54) is 5.56 Å². The number of fused-ring (bicyclic) bond motifs is 1. The van der Waals surface area contributed by atoms with Crippen LogP contribution in [0.15, 0.2) is 24.3 Å². The second kappa shape index (κ2) is 5.78. The van der Waals surface area contributed by atoms with Crippen LogP contribution in [0.3, 0.4) is 0 Å². The van der Waals surface area contributed by atoms with Gasteiger partial charge in [-0.25, -0.2) is 0 Å². The van der Waals surface area contributed by atoms with Crippen LogP contribution in [0, 0.1) is 0 Å². The summed E-state index contributed by atoms with van der Waals surface area (Å²) < 4.78 is 5.57. The quantitative estimate of drug-likeness (QED) is 0.835. The smallest absolute Gasteiger partial charge is 0.244 e. The molecule has 1 aromatic rings. The zero-order chi connectivity index (χ0) is 15.0. The molecule has 1 amide bonds. The Morgan fingerprint density at radius 3 is 2.86 bits per heavy atom. The molecule has 0 N–H and O–H groups in total. The number of carbonyl (C=O) groups excluding carboxylic acids is 1. The number of carbonyl (C=O) groups is 1. The van der Waals surface area contributed by atoms with Crippen molar-refractivity contribution in [3.63, 3.8) is 0 Å². The molecule has 2 heterocycles. The molecule has 21 heavy (non-hydrogen) atoms. The first kappa shape index (κ1) is 14.5. The summed E-state index contributed by atoms with van der Waals surface area (Å²) >= 11 is 0. The molecule has 1 fully saturated rings. The van der Waals surface area contributed by atoms with E-state index in [4.69, 9.17) is 4.74 Å². The van der Waals surface area contributed by atoms with E-state index in [1.54, 1.807) is 0 Å². The molecule has 4 nitrogen and oxygen atoms in total. The van der Waals surface area contributed by atoms with Gasteiger partial charge in [-0.3, -0.25) is 9.69 Å². The Morgan fingerprint density at radius 1 is 1.33 bits per heavy atom. The first-order valence-electron chi connectivity index (χ1n) is 7.84. The van der Waals surface area contributed by atoms with E-state index in [1.807, 2.05) is 24.0 Å². The van der Waals surface area contributed by atoms with Gasteiger partial charge in [0.05, 0.1) is 18.8 Å². The molecule has 1 aromatic carbocycles. The van der Waals surface area contributed by atoms with Crippen molar-refractivity contribution in [1.29, 1.82) is 0 Å². The highest BCUT2D eigenvalue weighted by molar-refractivity contribution is 5.99. The van der Waals surface area contributed by atoms with Crippen LogP contribution in [0.4, 0.5) is 5.69 Å². The van der Waals surface area contributed by atoms with Crippen LogP contribution in [-0.4, -0.2) is 48.7 Å². The number of nitrogens with zero attached hydrogens (tertiary/aromatic N) is 2. The largest absolute Gasteiger partial charge is 0.376 e. The third-order valence-electron chi connectivity index (χ3n) is 4.62. The molecule has 2 aliphatic rings. The number of hydrogen-bond donors (Lipinski definition) is 0. The Balaban J connectivity index is 1.78. The summed E-state index contributed by atoms with van der Waals surface area (Å²) in [6, 6.07) is 8.40. The second-order valence-corrected chi connectivity index (χ2v) is 6.24. The van der Waals surface area contributed by atoms with Gasteiger partial charge in [0.2, 0.25) is 5.91 Å². The van der Waals surface area contributed by atoms with E-state index in [0.29, 0.717) is 6.61 Å². The average molecular weight is 288 g/mol. The molecule has 3 rings (SSSR count). The highest BCUT2D eigenvalue weighted by atomic mass is 16.5. The number of benzene rings is 1. The minimum absolute atomic E-state index is 0.0926. The number of rotatable bonds is 2. The third-order valence-corrected chi connectivity index (χ3v) is 4.62. The van der Waals surface area contributed by atoms with E-state index in [0.717, 1.165) is 25.2 Å². The topological polar surface area (TPSA) is 32.8 Å². The lowest BCUT2D eigenvalue weighted by molar-refractivity contribution is -0.126. The first-order chi connectivity index (χ1) is 10.1. The van der Waals surface area contributed by atoms with E-state index < -0.39 is 0 Å². The summed E-state index contributed by atoms with van der Waals surface area (Å²) in [7, 11) is 0. The lowest BCUT2D eigenvalue weighted by atomic mass is 10.1. The van der Waals surface area contributed by atoms with E-state index in [-0.39, 0.29) is 24.1 Å². The maximum atomic E-state index is 13.0. The molecule has 0 spiro atoms. The zero-order valence-corrected chi connectivity index (χ0v) is 13.1. The van der Waals surface area contributed by atoms with Crippen LogP contribution in [0.1, 0.15) is 26.3 Å². The van der Waals surface area contributed by atoms with Crippen molar-refractivity contribution in [2.24, 2.45) is 0 Å². The predicted octanol–water partition coefficient (Wildman–Crippen LogP) is 2.07. The monoisotopic (exact) mass is 288 g/mol. The van der Waals surface area contributed by atoms with Crippen LogP contribution >= 0.6 is 0 Å². The zero-order valence-electron chi connectivity index (χ0n) is 13.1. The Kier molecular flexibility index (Phi) is 4.00. The molecule has 0 bridgehead atoms. The number of morpholine rings is 1. The average Bonchev–Trinajstić information content (AvgIpc) is 2.81. The summed E-state index contributed by atoms with van der Waals surface area (Å²) in [5.74, 6) is 0.210. The summed E-state index contributed by atoms with van der Waals surface area (Å²) in [4.78, 5) is 17.2. The molecule has 1 saturated heterocycles. The maximum absolute atomic E-state index is 13.0. The fourth-order valence-corrected chi connectivity index (χ4v) is 3.46. The molecule has 114 valence electrons. The van der Waals surface area contributed by atoms with E-state index in [2.05, 4.69) is 30.9 Å². The SMILES string of the molecule is CC1CN(C(C)C(=O)N2c3ccccc3CC2C)CCO1. The molecule has 0 radical (unpaired) electrons. The Hall–Kier alpha value is -1.39. The molecule has 0 aromatic heterocycles. The molecule has 0 saturated carbocycles. The van der Waals surface area contributed by atoms with E-state index >= 15 is 0 Å². The summed E-state index contributed by atoms with van der Waals surface area (Å²) in [5, 5.41) is 0. The van der Waals surface area contributed by atoms with Crippen LogP contribution in [-0.2, 0) is 16.0 Å². The molecule has 2 aliphatic heterocycles. The summed E-state index contributed by atoms with van der Waals surface area (Å²) in [6.45, 7) is 8.60. The molecular formula is C17H24N2O2. The Bertz CT molecular complexity index is 531. The van der Waals surface area contributed by atoms with Crippen LogP contribution in [0.25, 0.3) is 0 Å². The van der Waals surface area contributed by atoms with Crippen molar-refractivity contribution < 1.29 is 9.53 Å². The number of para-hydroxylation sites is 1. The Morgan fingerprint density at radius 2 is 2.10 bits per heavy atom. The third kappa shape index (κ3) is 2.70. The maximum Gasteiger partial charge on any atom is 0.244 e. The number of hydrogen-bond acceptors (Lipinski definition) is 3. The minimum atomic E-state index is -0.0926. The van der Waals surface area contributed by atoms with Crippen LogP contribution < -0.4 is 4.90 Å². The van der Waals surface area contributed by atoms with Crippen LogP contribution in [0.5, 0.6) is 0 Å². The van der Waals surface area contributed by atoms with Gasteiger partial charge in [-0.2, -0.15) is 0 Å². The molecule has 3 unspecified atom stereocenters. The number of anilines is 1. The summed E-state index contributed by atoms with van der Waals surface area (Å²) in [6.07, 6.45) is 1.16. The van der Waals surface area contributed by atoms with Crippen LogP contribution in [0.2, 0.25) is 0 Å². The van der Waals surface area contributed by atoms with Crippen molar-refractivity contribution in [1.82, 2.24) is 4.90 Å². The van der Waals surface area contributed by atoms with E-state index in [9.17, 15) is 4.79 Å². The highest BCUT2D eigenvalue weighted by Crippen LogP contribution is 2.32. The number of amides is 1. The Labute approximate surface area is 126 Å². The summed E-state index contributed by atoms with van der Waals surface area (Å²) in [5.41, 5.74) is 2.36. The minimum Gasteiger partial charge on any atom is -0.376 e. The van der Waals surface area contributed by atoms with Gasteiger partial charge in [-0.15, -0.1) is 0 Å². The van der Waals surface area contributed by atoms with Gasteiger partial charge in [-0.05, 0) is 38.8 Å². The van der Waals surface area contributed by atoms with Gasteiger partial charge in [-0.1, -0.05) is 18.2 Å². The fraction of sp³-hybridized carbons (Fsp3) is 0.588. The van der Waals surface area contributed by atoms with Gasteiger partial charge < -0.3 is 9.64 Å². The molecule has 4 heteroatoms. The van der Waals surface area contributed by atoms with Crippen molar-refractivity contribution in [3.8, 4) is 0 Å². The van der Waals surface area contributed by atoms with Crippen molar-refractivity contribution in [2.75, 3.05) is 24.6 Å². The van der Waals surface area contributed by atoms with Crippen molar-refractivity contribution in [3.05, 3.63) is 29.8 Å². The molecular weight excluding hydrogens is 264 g/mol. The van der Waals surface area contributed by atoms with Gasteiger partial charge >= 0.3 is 0 Å². The number of ether oxygens (including phenoxy) is 1. The second-order valence-electron chi connectivity index (χ2n) is 6.24. The standard InChI is InChI=1S/C17H24N2O2/c1-12-10-15-6-4-5-7-16(15)19(12)17(20)14(3)18-8-9-21-13(2)11-18/h4-7,12-14H,8-11H2,1-3H3. The fourth-order valence-electron chi connectivity index (χ4n) is 3.46. The highest BCUT2D eigenvalue weighted by Gasteiger charge is 2.35. The predicted molar refractivity (Wildman–Crippen MR) is 83.5 cm³/mol. The van der Waals surface area contributed by atoms with Gasteiger partial charge in [0.25, 0.3) is 0 Å². The lowest BCUT2D eigenvalue weighted by Crippen LogP contribution is -2.53. The normalized spacial score (nSPS) is 27.5. The first-order valence-corrected chi connectivity index (χ1v) is 7.84. The van der Waals surface area contributed by atoms with Gasteiger partial charge in [0.1, 0.15) is 0 Å². The van der Waals surface area contributed by atoms with Crippen molar-refractivity contribution >= 4 is 11.6 Å².